The molecule has 0 bridgehead atoms. The molecular formula is C27H33N5O5. The number of unbranched alkanes of at least 4 members (excludes halogenated alkanes) is 1. The van der Waals surface area contributed by atoms with E-state index in [2.05, 4.69) is 20.9 Å². The molecule has 1 unspecified atom stereocenters. The van der Waals surface area contributed by atoms with E-state index < -0.39 is 24.1 Å². The zero-order chi connectivity index (χ0) is 26.6. The number of alkyl carbamates (subject to hydrolysis) is 1. The van der Waals surface area contributed by atoms with Crippen LogP contribution in [0.2, 0.25) is 0 Å². The van der Waals surface area contributed by atoms with Crippen molar-refractivity contribution in [3.05, 3.63) is 83.9 Å². The van der Waals surface area contributed by atoms with E-state index in [1.54, 1.807) is 41.4 Å². The number of hydrogen-bond donors (Lipinski definition) is 4. The number of carbonyl (C=O) groups excluding carboxylic acids is 3. The summed E-state index contributed by atoms with van der Waals surface area (Å²) < 4.78 is 7.03. The normalized spacial score (nSPS) is 12.3. The van der Waals surface area contributed by atoms with Crippen molar-refractivity contribution < 1.29 is 24.2 Å². The second kappa shape index (κ2) is 13.8. The summed E-state index contributed by atoms with van der Waals surface area (Å²) in [5.41, 5.74) is 2.51. The molecule has 4 N–H and O–H groups in total. The molecule has 196 valence electrons. The van der Waals surface area contributed by atoms with Gasteiger partial charge >= 0.3 is 6.09 Å². The summed E-state index contributed by atoms with van der Waals surface area (Å²) in [6.07, 6.45) is 3.39. The Balaban J connectivity index is 1.58. The summed E-state index contributed by atoms with van der Waals surface area (Å²) >= 11 is 0. The van der Waals surface area contributed by atoms with Crippen molar-refractivity contribution in [3.8, 4) is 0 Å². The van der Waals surface area contributed by atoms with Crippen LogP contribution in [0.3, 0.4) is 0 Å². The number of nitrogens with zero attached hydrogens (tertiary/aromatic N) is 2. The number of aliphatic hydroxyl groups excluding tert-OH is 1. The molecule has 0 fully saturated rings. The average Bonchev–Trinajstić information content (AvgIpc) is 3.33. The van der Waals surface area contributed by atoms with Crippen LogP contribution in [0.5, 0.6) is 0 Å². The van der Waals surface area contributed by atoms with Gasteiger partial charge in [0.15, 0.2) is 0 Å². The summed E-state index contributed by atoms with van der Waals surface area (Å²) in [5.74, 6) is -0.511. The van der Waals surface area contributed by atoms with Crippen LogP contribution in [0.25, 0.3) is 0 Å². The van der Waals surface area contributed by atoms with Gasteiger partial charge in [-0.1, -0.05) is 42.5 Å². The Kier molecular flexibility index (Phi) is 10.2. The topological polar surface area (TPSA) is 135 Å². The van der Waals surface area contributed by atoms with E-state index in [0.717, 1.165) is 5.56 Å². The van der Waals surface area contributed by atoms with Gasteiger partial charge in [0.1, 0.15) is 18.8 Å². The molecule has 2 aromatic carbocycles. The summed E-state index contributed by atoms with van der Waals surface area (Å²) in [6.45, 7) is 2.02. The molecule has 10 heteroatoms. The highest BCUT2D eigenvalue weighted by atomic mass is 16.5. The molecule has 3 rings (SSSR count). The van der Waals surface area contributed by atoms with E-state index in [1.807, 2.05) is 37.4 Å². The van der Waals surface area contributed by atoms with Crippen LogP contribution >= 0.6 is 0 Å². The number of anilines is 1. The van der Waals surface area contributed by atoms with Crippen LogP contribution in [-0.4, -0.2) is 45.2 Å². The van der Waals surface area contributed by atoms with E-state index >= 15 is 0 Å². The molecule has 2 atom stereocenters. The number of aliphatic hydroxyl groups is 1. The highest BCUT2D eigenvalue weighted by Gasteiger charge is 2.22. The van der Waals surface area contributed by atoms with Gasteiger partial charge in [0, 0.05) is 32.4 Å². The Morgan fingerprint density at radius 1 is 1.05 bits per heavy atom. The molecule has 1 heterocycles. The summed E-state index contributed by atoms with van der Waals surface area (Å²) in [4.78, 5) is 40.7. The molecule has 0 aliphatic heterocycles. The number of amides is 3. The number of aromatic nitrogens is 2. The largest absolute Gasteiger partial charge is 0.445 e. The zero-order valence-corrected chi connectivity index (χ0v) is 21.0. The third-order valence-electron chi connectivity index (χ3n) is 5.61. The molecule has 3 amide bonds. The third kappa shape index (κ3) is 9.08. The monoisotopic (exact) mass is 507 g/mol. The van der Waals surface area contributed by atoms with Crippen LogP contribution < -0.4 is 16.0 Å². The lowest BCUT2D eigenvalue weighted by Crippen LogP contribution is -2.44. The molecule has 3 aromatic rings. The Morgan fingerprint density at radius 2 is 1.78 bits per heavy atom. The minimum absolute atomic E-state index is 0.0869. The van der Waals surface area contributed by atoms with Gasteiger partial charge in [-0.2, -0.15) is 0 Å². The van der Waals surface area contributed by atoms with Crippen molar-refractivity contribution >= 4 is 23.6 Å². The average molecular weight is 508 g/mol. The van der Waals surface area contributed by atoms with Crippen molar-refractivity contribution in [1.82, 2.24) is 20.2 Å². The van der Waals surface area contributed by atoms with Gasteiger partial charge in [0.2, 0.25) is 11.8 Å². The van der Waals surface area contributed by atoms with E-state index in [4.69, 9.17) is 4.74 Å². The number of carbonyl (C=O) groups is 3. The Labute approximate surface area is 216 Å². The number of benzene rings is 2. The lowest BCUT2D eigenvalue weighted by atomic mass is 10.1. The lowest BCUT2D eigenvalue weighted by molar-refractivity contribution is -0.119. The number of ether oxygens (including phenoxy) is 1. The maximum Gasteiger partial charge on any atom is 0.408 e. The van der Waals surface area contributed by atoms with Gasteiger partial charge in [0.05, 0.1) is 12.0 Å². The minimum atomic E-state index is -0.886. The second-order valence-electron chi connectivity index (χ2n) is 8.72. The van der Waals surface area contributed by atoms with Gasteiger partial charge in [-0.25, -0.2) is 9.78 Å². The number of hydrogen-bond acceptors (Lipinski definition) is 6. The maximum absolute atomic E-state index is 13.0. The Hall–Kier alpha value is -4.18. The van der Waals surface area contributed by atoms with E-state index in [9.17, 15) is 19.5 Å². The van der Waals surface area contributed by atoms with Crippen LogP contribution in [0.15, 0.2) is 67.1 Å². The molecular weight excluding hydrogens is 474 g/mol. The molecule has 0 spiro atoms. The molecule has 0 radical (unpaired) electrons. The highest BCUT2D eigenvalue weighted by molar-refractivity contribution is 5.96. The predicted molar refractivity (Wildman–Crippen MR) is 138 cm³/mol. The minimum Gasteiger partial charge on any atom is -0.445 e. The molecule has 0 saturated carbocycles. The fourth-order valence-electron chi connectivity index (χ4n) is 3.64. The van der Waals surface area contributed by atoms with E-state index in [1.165, 1.54) is 6.92 Å². The van der Waals surface area contributed by atoms with E-state index in [-0.39, 0.29) is 12.5 Å². The standard InChI is InChI=1S/C27H33N5O5/c1-19(33)28-15-7-6-10-23(31-27(36)37-17-20-8-4-3-5-9-20)26(35)30-22-13-11-21(12-14-22)25(34)24-16-32(2)18-29-24/h3-5,8-9,11-14,16,18,23,25,34H,6-7,10,15,17H2,1-2H3,(H,28,33)(H,30,35)(H,31,36)/t23-,25?/m0/s1. The van der Waals surface area contributed by atoms with Crippen LogP contribution in [-0.2, 0) is 28.0 Å². The highest BCUT2D eigenvalue weighted by Crippen LogP contribution is 2.22. The first-order valence-electron chi connectivity index (χ1n) is 12.1. The van der Waals surface area contributed by atoms with Gasteiger partial charge < -0.3 is 30.4 Å². The molecule has 0 saturated heterocycles. The summed E-state index contributed by atoms with van der Waals surface area (Å²) in [5, 5.41) is 18.7. The van der Waals surface area contributed by atoms with Crippen LogP contribution in [0.4, 0.5) is 10.5 Å². The van der Waals surface area contributed by atoms with Gasteiger partial charge in [0.25, 0.3) is 0 Å². The first-order valence-corrected chi connectivity index (χ1v) is 12.1. The van der Waals surface area contributed by atoms with Crippen LogP contribution in [0.1, 0.15) is 49.1 Å². The molecule has 37 heavy (non-hydrogen) atoms. The molecule has 1 aromatic heterocycles. The quantitative estimate of drug-likeness (QED) is 0.278. The maximum atomic E-state index is 13.0. The molecule has 10 nitrogen and oxygen atoms in total. The van der Waals surface area contributed by atoms with Crippen molar-refractivity contribution in [1.29, 1.82) is 0 Å². The SMILES string of the molecule is CC(=O)NCCCC[C@H](NC(=O)OCc1ccccc1)C(=O)Nc1ccc(C(O)c2cn(C)cn2)cc1. The number of rotatable bonds is 12. The van der Waals surface area contributed by atoms with Crippen molar-refractivity contribution in [2.75, 3.05) is 11.9 Å². The van der Waals surface area contributed by atoms with Crippen molar-refractivity contribution in [2.24, 2.45) is 7.05 Å². The third-order valence-corrected chi connectivity index (χ3v) is 5.61. The van der Waals surface area contributed by atoms with Crippen molar-refractivity contribution in [2.45, 2.75) is 44.9 Å². The Bertz CT molecular complexity index is 1160. The first-order chi connectivity index (χ1) is 17.8. The first kappa shape index (κ1) is 27.4. The second-order valence-corrected chi connectivity index (χ2v) is 8.72. The summed E-state index contributed by atoms with van der Waals surface area (Å²) in [7, 11) is 1.82. The summed E-state index contributed by atoms with van der Waals surface area (Å²) in [6, 6.07) is 15.2. The van der Waals surface area contributed by atoms with E-state index in [0.29, 0.717) is 42.8 Å². The Morgan fingerprint density at radius 3 is 2.43 bits per heavy atom. The zero-order valence-electron chi connectivity index (χ0n) is 21.0. The number of aryl methyl sites for hydroxylation is 1. The van der Waals surface area contributed by atoms with Gasteiger partial charge in [-0.3, -0.25) is 9.59 Å². The van der Waals surface area contributed by atoms with Crippen LogP contribution in [0, 0.1) is 0 Å². The number of imidazole rings is 1. The number of nitrogens with one attached hydrogen (secondary N) is 3. The fourth-order valence-corrected chi connectivity index (χ4v) is 3.64. The lowest BCUT2D eigenvalue weighted by Gasteiger charge is -2.19. The van der Waals surface area contributed by atoms with Gasteiger partial charge in [-0.05, 0) is 42.5 Å². The van der Waals surface area contributed by atoms with Gasteiger partial charge in [-0.15, -0.1) is 0 Å². The van der Waals surface area contributed by atoms with Crippen molar-refractivity contribution in [3.63, 3.8) is 0 Å². The predicted octanol–water partition coefficient (Wildman–Crippen LogP) is 3.04. The smallest absolute Gasteiger partial charge is 0.408 e. The fraction of sp³-hybridized carbons (Fsp3) is 0.333. The molecule has 0 aliphatic carbocycles. The molecule has 0 aliphatic rings.